The van der Waals surface area contributed by atoms with Crippen LogP contribution in [-0.2, 0) is 19.7 Å². The minimum absolute atomic E-state index is 0.151. The molecule has 1 heterocycles. The fraction of sp³-hybridized carbons (Fsp3) is 0.286. The molecule has 0 saturated heterocycles. The number of hydrogen-bond donors (Lipinski definition) is 0. The van der Waals surface area contributed by atoms with Crippen molar-refractivity contribution in [2.45, 2.75) is 24.2 Å². The van der Waals surface area contributed by atoms with E-state index >= 15 is 0 Å². The Morgan fingerprint density at radius 3 is 2.55 bits per heavy atom. The van der Waals surface area contributed by atoms with Crippen LogP contribution in [0.25, 0.3) is 10.9 Å². The lowest BCUT2D eigenvalue weighted by molar-refractivity contribution is -0.170. The maximum absolute atomic E-state index is 14.0. The first-order chi connectivity index (χ1) is 13.7. The lowest BCUT2D eigenvalue weighted by Gasteiger charge is -2.13. The Kier molecular flexibility index (Phi) is 4.71. The van der Waals surface area contributed by atoms with Gasteiger partial charge in [-0.3, -0.25) is 9.63 Å². The van der Waals surface area contributed by atoms with Crippen molar-refractivity contribution in [2.24, 2.45) is 5.92 Å². The lowest BCUT2D eigenvalue weighted by atomic mass is 10.1. The van der Waals surface area contributed by atoms with E-state index in [0.29, 0.717) is 22.9 Å². The van der Waals surface area contributed by atoms with Gasteiger partial charge in [-0.1, -0.05) is 17.7 Å². The molecule has 1 amide bonds. The zero-order chi connectivity index (χ0) is 20.9. The molecule has 152 valence electrons. The molecule has 1 aliphatic carbocycles. The summed E-state index contributed by atoms with van der Waals surface area (Å²) in [5, 5.41) is 1.66. The second kappa shape index (κ2) is 6.96. The summed E-state index contributed by atoms with van der Waals surface area (Å²) in [6.45, 7) is 1.88. The van der Waals surface area contributed by atoms with Gasteiger partial charge < -0.3 is 0 Å². The smallest absolute Gasteiger partial charge is 0.268 e. The highest BCUT2D eigenvalue weighted by Crippen LogP contribution is 2.51. The van der Waals surface area contributed by atoms with Crippen LogP contribution in [0.2, 0.25) is 0 Å². The van der Waals surface area contributed by atoms with Crippen molar-refractivity contribution >= 4 is 26.8 Å². The van der Waals surface area contributed by atoms with Crippen molar-refractivity contribution in [2.75, 3.05) is 14.2 Å². The summed E-state index contributed by atoms with van der Waals surface area (Å²) < 4.78 is 41.6. The molecule has 1 fully saturated rings. The van der Waals surface area contributed by atoms with Crippen LogP contribution in [0.5, 0.6) is 0 Å². The summed E-state index contributed by atoms with van der Waals surface area (Å²) in [5.41, 5.74) is 1.99. The molecule has 6 nitrogen and oxygen atoms in total. The maximum atomic E-state index is 14.0. The molecule has 0 spiro atoms. The average Bonchev–Trinajstić information content (AvgIpc) is 3.40. The summed E-state index contributed by atoms with van der Waals surface area (Å²) in [7, 11) is -0.927. The third-order valence-electron chi connectivity index (χ3n) is 5.43. The largest absolute Gasteiger partial charge is 0.275 e. The van der Waals surface area contributed by atoms with Crippen molar-refractivity contribution < 1.29 is 22.4 Å². The molecular formula is C21H21FN2O4S. The van der Waals surface area contributed by atoms with Crippen LogP contribution in [0, 0.1) is 18.7 Å². The summed E-state index contributed by atoms with van der Waals surface area (Å²) in [4.78, 5) is 17.5. The Hall–Kier alpha value is -2.71. The molecule has 0 unspecified atom stereocenters. The van der Waals surface area contributed by atoms with E-state index in [1.54, 1.807) is 24.3 Å². The molecule has 29 heavy (non-hydrogen) atoms. The van der Waals surface area contributed by atoms with Gasteiger partial charge in [-0.15, -0.1) is 0 Å². The van der Waals surface area contributed by atoms with Gasteiger partial charge in [-0.25, -0.2) is 21.8 Å². The van der Waals surface area contributed by atoms with E-state index in [2.05, 4.69) is 0 Å². The van der Waals surface area contributed by atoms with Crippen LogP contribution in [-0.4, -0.2) is 37.5 Å². The highest BCUT2D eigenvalue weighted by molar-refractivity contribution is 7.90. The van der Waals surface area contributed by atoms with Crippen molar-refractivity contribution in [1.82, 2.24) is 9.04 Å². The number of benzene rings is 2. The minimum Gasteiger partial charge on any atom is -0.275 e. The number of aryl methyl sites for hydroxylation is 1. The number of aromatic nitrogens is 1. The molecule has 0 radical (unpaired) electrons. The third-order valence-corrected chi connectivity index (χ3v) is 7.12. The number of amides is 1. The van der Waals surface area contributed by atoms with Crippen molar-refractivity contribution in [3.8, 4) is 0 Å². The van der Waals surface area contributed by atoms with E-state index in [-0.39, 0.29) is 22.6 Å². The zero-order valence-electron chi connectivity index (χ0n) is 16.3. The van der Waals surface area contributed by atoms with Crippen molar-refractivity contribution in [1.29, 1.82) is 0 Å². The van der Waals surface area contributed by atoms with E-state index in [9.17, 15) is 17.6 Å². The van der Waals surface area contributed by atoms with Gasteiger partial charge in [-0.2, -0.15) is 0 Å². The summed E-state index contributed by atoms with van der Waals surface area (Å²) in [5.74, 6) is -1.14. The molecule has 0 bridgehead atoms. The molecule has 2 aromatic carbocycles. The van der Waals surface area contributed by atoms with Gasteiger partial charge in [0.15, 0.2) is 0 Å². The third kappa shape index (κ3) is 3.32. The second-order valence-corrected chi connectivity index (χ2v) is 9.14. The van der Waals surface area contributed by atoms with E-state index in [0.717, 1.165) is 10.6 Å². The Morgan fingerprint density at radius 2 is 1.90 bits per heavy atom. The summed E-state index contributed by atoms with van der Waals surface area (Å²) in [6.07, 6.45) is 2.08. The molecular weight excluding hydrogens is 395 g/mol. The van der Waals surface area contributed by atoms with Crippen LogP contribution in [0.1, 0.15) is 23.5 Å². The first kappa shape index (κ1) is 19.6. The topological polar surface area (TPSA) is 68.6 Å². The lowest BCUT2D eigenvalue weighted by Crippen LogP contribution is -2.27. The van der Waals surface area contributed by atoms with Gasteiger partial charge in [0.05, 0.1) is 17.5 Å². The van der Waals surface area contributed by atoms with Gasteiger partial charge in [0.25, 0.3) is 10.0 Å². The normalized spacial score (nSPS) is 18.8. The van der Waals surface area contributed by atoms with E-state index < -0.39 is 15.8 Å². The number of fused-ring (bicyclic) bond motifs is 1. The zero-order valence-corrected chi connectivity index (χ0v) is 17.1. The SMILES string of the molecule is CON(C)C(=O)[C@H]1C[C@@H]1c1cn(S(=O)(=O)c2ccc(C)cc2)c2ccc(F)cc12. The molecule has 0 N–H and O–H groups in total. The second-order valence-electron chi connectivity index (χ2n) is 7.33. The number of carbonyl (C=O) groups is 1. The Labute approximate surface area is 168 Å². The van der Waals surface area contributed by atoms with Crippen molar-refractivity contribution in [3.63, 3.8) is 0 Å². The van der Waals surface area contributed by atoms with Crippen LogP contribution >= 0.6 is 0 Å². The number of rotatable bonds is 5. The predicted octanol–water partition coefficient (Wildman–Crippen LogP) is 3.45. The molecule has 0 aliphatic heterocycles. The van der Waals surface area contributed by atoms with E-state index in [1.807, 2.05) is 6.92 Å². The van der Waals surface area contributed by atoms with Crippen LogP contribution < -0.4 is 0 Å². The Balaban J connectivity index is 1.82. The Morgan fingerprint density at radius 1 is 1.21 bits per heavy atom. The monoisotopic (exact) mass is 416 g/mol. The first-order valence-corrected chi connectivity index (χ1v) is 10.6. The van der Waals surface area contributed by atoms with Gasteiger partial charge in [-0.05, 0) is 55.2 Å². The van der Waals surface area contributed by atoms with Crippen LogP contribution in [0.15, 0.2) is 53.6 Å². The fourth-order valence-electron chi connectivity index (χ4n) is 3.65. The van der Waals surface area contributed by atoms with Crippen molar-refractivity contribution in [3.05, 3.63) is 65.6 Å². The highest BCUT2D eigenvalue weighted by atomic mass is 32.2. The van der Waals surface area contributed by atoms with Gasteiger partial charge in [0.2, 0.25) is 5.91 Å². The quantitative estimate of drug-likeness (QED) is 0.598. The van der Waals surface area contributed by atoms with E-state index in [1.165, 1.54) is 42.5 Å². The van der Waals surface area contributed by atoms with E-state index in [4.69, 9.17) is 4.84 Å². The standard InChI is InChI=1S/C21H21FN2O4S/c1-13-4-7-15(8-5-13)29(26,27)24-12-19(17-10-14(22)6-9-20(17)24)16-11-18(16)21(25)23(2)28-3/h4-10,12,16,18H,11H2,1-3H3/t16-,18-/m0/s1. The summed E-state index contributed by atoms with van der Waals surface area (Å²) >= 11 is 0. The number of carbonyl (C=O) groups excluding carboxylic acids is 1. The fourth-order valence-corrected chi connectivity index (χ4v) is 5.03. The van der Waals surface area contributed by atoms with Crippen LogP contribution in [0.3, 0.4) is 0 Å². The number of halogens is 1. The van der Waals surface area contributed by atoms with Gasteiger partial charge in [0.1, 0.15) is 5.82 Å². The van der Waals surface area contributed by atoms with Crippen LogP contribution in [0.4, 0.5) is 4.39 Å². The highest BCUT2D eigenvalue weighted by Gasteiger charge is 2.47. The maximum Gasteiger partial charge on any atom is 0.268 e. The van der Waals surface area contributed by atoms with Gasteiger partial charge in [0, 0.05) is 24.5 Å². The molecule has 8 heteroatoms. The number of hydrogen-bond acceptors (Lipinski definition) is 4. The molecule has 1 saturated carbocycles. The molecule has 1 aliphatic rings. The number of nitrogens with zero attached hydrogens (tertiary/aromatic N) is 2. The summed E-state index contributed by atoms with van der Waals surface area (Å²) in [6, 6.07) is 10.6. The van der Waals surface area contributed by atoms with Gasteiger partial charge >= 0.3 is 0 Å². The molecule has 4 rings (SSSR count). The molecule has 2 atom stereocenters. The molecule has 1 aromatic heterocycles. The Bertz CT molecular complexity index is 1200. The average molecular weight is 416 g/mol. The predicted molar refractivity (Wildman–Crippen MR) is 106 cm³/mol. The number of hydroxylamine groups is 2. The first-order valence-electron chi connectivity index (χ1n) is 9.18. The molecule has 3 aromatic rings. The minimum atomic E-state index is -3.86.